The first-order valence-corrected chi connectivity index (χ1v) is 22.7. The van der Waals surface area contributed by atoms with E-state index in [1.807, 2.05) is 0 Å². The Morgan fingerprint density at radius 3 is 1.40 bits per heavy atom. The molecule has 2 saturated carbocycles. The lowest BCUT2D eigenvalue weighted by molar-refractivity contribution is -0.0248. The van der Waals surface area contributed by atoms with E-state index in [-0.39, 0.29) is 23.4 Å². The summed E-state index contributed by atoms with van der Waals surface area (Å²) in [6.45, 7) is 9.93. The summed E-state index contributed by atoms with van der Waals surface area (Å²) in [4.78, 5) is 46.1. The molecule has 0 saturated heterocycles. The van der Waals surface area contributed by atoms with Crippen molar-refractivity contribution in [3.05, 3.63) is 50.7 Å². The van der Waals surface area contributed by atoms with Crippen molar-refractivity contribution in [1.82, 2.24) is 19.1 Å². The van der Waals surface area contributed by atoms with Crippen molar-refractivity contribution in [3.63, 3.8) is 0 Å². The molecule has 356 valence electrons. The van der Waals surface area contributed by atoms with Gasteiger partial charge in [0.15, 0.2) is 5.65 Å². The van der Waals surface area contributed by atoms with Crippen molar-refractivity contribution in [2.24, 2.45) is 11.8 Å². The summed E-state index contributed by atoms with van der Waals surface area (Å²) in [5, 5.41) is 17.7. The molecule has 18 nitrogen and oxygen atoms in total. The summed E-state index contributed by atoms with van der Waals surface area (Å²) in [6.07, 6.45) is 11.4. The van der Waals surface area contributed by atoms with Crippen molar-refractivity contribution in [2.75, 3.05) is 126 Å². The second kappa shape index (κ2) is 32.2. The molecule has 0 atom stereocenters. The van der Waals surface area contributed by atoms with Crippen LogP contribution in [0.5, 0.6) is 0 Å². The molecule has 0 spiro atoms. The molecule has 2 aliphatic carbocycles. The van der Waals surface area contributed by atoms with Gasteiger partial charge in [-0.05, 0) is 49.7 Å². The largest absolute Gasteiger partial charge is 0.478 e. The molecule has 3 aromatic rings. The lowest BCUT2D eigenvalue weighted by Gasteiger charge is -2.24. The number of benzene rings is 1. The third-order valence-corrected chi connectivity index (χ3v) is 10.9. The zero-order valence-corrected chi connectivity index (χ0v) is 37.3. The van der Waals surface area contributed by atoms with E-state index in [2.05, 4.69) is 9.97 Å². The number of carbonyl (C=O) groups is 1. The number of hydrogen-bond acceptors (Lipinski definition) is 14. The molecule has 2 fully saturated rings. The predicted octanol–water partition coefficient (Wildman–Crippen LogP) is 4.17. The normalized spacial score (nSPS) is 14.9. The van der Waals surface area contributed by atoms with Crippen LogP contribution in [0.25, 0.3) is 22.6 Å². The fraction of sp³-hybridized carbons (Fsp3) is 0.733. The summed E-state index contributed by atoms with van der Waals surface area (Å²) in [5.74, 6) is 0.232. The van der Waals surface area contributed by atoms with Crippen molar-refractivity contribution in [2.45, 2.75) is 77.3 Å². The summed E-state index contributed by atoms with van der Waals surface area (Å²) in [6, 6.07) is 6.37. The Kier molecular flexibility index (Phi) is 26.6. The van der Waals surface area contributed by atoms with Crippen LogP contribution in [-0.4, -0.2) is 161 Å². The van der Waals surface area contributed by atoms with Crippen molar-refractivity contribution in [1.29, 1.82) is 0 Å². The van der Waals surface area contributed by atoms with Gasteiger partial charge in [-0.2, -0.15) is 0 Å². The van der Waals surface area contributed by atoms with Gasteiger partial charge in [0.25, 0.3) is 5.56 Å². The van der Waals surface area contributed by atoms with E-state index in [9.17, 15) is 19.5 Å². The highest BCUT2D eigenvalue weighted by atomic mass is 16.6. The highest BCUT2D eigenvalue weighted by molar-refractivity contribution is 5.88. The van der Waals surface area contributed by atoms with Crippen LogP contribution in [0.4, 0.5) is 0 Å². The molecule has 1 aromatic carbocycles. The van der Waals surface area contributed by atoms with Crippen LogP contribution < -0.4 is 11.2 Å². The number of nitrogens with zero attached hydrogens (tertiary/aromatic N) is 3. The molecule has 0 aliphatic heterocycles. The molecular formula is C45H72N4O14. The van der Waals surface area contributed by atoms with E-state index in [0.717, 1.165) is 38.5 Å². The van der Waals surface area contributed by atoms with Gasteiger partial charge in [-0.1, -0.05) is 50.7 Å². The van der Waals surface area contributed by atoms with Crippen LogP contribution >= 0.6 is 0 Å². The Balaban J connectivity index is 0.000000282. The van der Waals surface area contributed by atoms with Gasteiger partial charge in [-0.3, -0.25) is 13.9 Å². The number of aliphatic hydroxyl groups is 1. The maximum Gasteiger partial charge on any atom is 0.335 e. The minimum absolute atomic E-state index is 0.0322. The molecule has 2 heterocycles. The highest BCUT2D eigenvalue weighted by Crippen LogP contribution is 2.27. The summed E-state index contributed by atoms with van der Waals surface area (Å²) < 4.78 is 50.6. The number of methoxy groups -OCH3 is 1. The Hall–Kier alpha value is -3.56. The molecule has 0 unspecified atom stereocenters. The summed E-state index contributed by atoms with van der Waals surface area (Å²) in [7, 11) is 1.64. The number of aliphatic hydroxyl groups excluding tert-OH is 1. The second-order valence-electron chi connectivity index (χ2n) is 15.6. The Bertz CT molecular complexity index is 1740. The number of aromatic nitrogens is 4. The zero-order valence-electron chi connectivity index (χ0n) is 37.3. The van der Waals surface area contributed by atoms with E-state index in [1.54, 1.807) is 23.8 Å². The number of imidazole rings is 1. The quantitative estimate of drug-likeness (QED) is 0.0751. The number of aromatic amines is 1. The zero-order chi connectivity index (χ0) is 44.7. The maximum absolute atomic E-state index is 13.6. The van der Waals surface area contributed by atoms with E-state index in [0.29, 0.717) is 160 Å². The maximum atomic E-state index is 13.6. The minimum Gasteiger partial charge on any atom is -0.478 e. The monoisotopic (exact) mass is 893 g/mol. The van der Waals surface area contributed by atoms with E-state index >= 15 is 0 Å². The number of carboxylic acids is 1. The van der Waals surface area contributed by atoms with E-state index in [4.69, 9.17) is 47.7 Å². The van der Waals surface area contributed by atoms with E-state index in [1.165, 1.54) is 42.4 Å². The number of rotatable bonds is 32. The summed E-state index contributed by atoms with van der Waals surface area (Å²) >= 11 is 0. The van der Waals surface area contributed by atoms with Gasteiger partial charge < -0.3 is 57.8 Å². The molecule has 3 N–H and O–H groups in total. The lowest BCUT2D eigenvalue weighted by atomic mass is 9.89. The van der Waals surface area contributed by atoms with Gasteiger partial charge in [-0.25, -0.2) is 14.6 Å². The first kappa shape index (κ1) is 52.1. The number of fused-ring (bicyclic) bond motifs is 1. The first-order chi connectivity index (χ1) is 30.9. The predicted molar refractivity (Wildman–Crippen MR) is 236 cm³/mol. The Morgan fingerprint density at radius 1 is 0.603 bits per heavy atom. The van der Waals surface area contributed by atoms with Crippen LogP contribution in [-0.2, 0) is 55.7 Å². The standard InChI is InChI=1S/C26H32N4O4.C19H40O10/c31-24-21-23(28-22(27-21)19-11-13-20(14-12-19)25(32)33)29(15-17-7-3-1-4-8-17)26(34)30(24)16-18-9-5-2-6-10-18;1-21-4-5-23-8-9-25-12-13-27-16-17-29-19-18-28-15-14-26-11-10-24-7-6-22-3-2-20/h11-14,17-18H,1-10,15-16H2,(H,27,28)(H,32,33);20H,2-19H2,1H3. The van der Waals surface area contributed by atoms with Gasteiger partial charge in [0.1, 0.15) is 11.3 Å². The number of ether oxygens (including phenoxy) is 9. The highest BCUT2D eigenvalue weighted by Gasteiger charge is 2.24. The molecule has 0 amide bonds. The van der Waals surface area contributed by atoms with Crippen LogP contribution in [0.3, 0.4) is 0 Å². The lowest BCUT2D eigenvalue weighted by Crippen LogP contribution is -2.42. The SMILES string of the molecule is COCCOCCOCCOCCOCCOCCOCCOCCOCCO.O=C(O)c1ccc(-c2nc3c([nH]2)c(=O)n(CC2CCCCC2)c(=O)n3CC2CCCCC2)cc1. The molecule has 5 rings (SSSR count). The topological polar surface area (TPSA) is 213 Å². The fourth-order valence-electron chi connectivity index (χ4n) is 7.50. The fourth-order valence-corrected chi connectivity index (χ4v) is 7.50. The van der Waals surface area contributed by atoms with Gasteiger partial charge in [0, 0.05) is 25.8 Å². The number of hydrogen-bond donors (Lipinski definition) is 3. The minimum atomic E-state index is -0.997. The second-order valence-corrected chi connectivity index (χ2v) is 15.6. The van der Waals surface area contributed by atoms with Gasteiger partial charge >= 0.3 is 11.7 Å². The van der Waals surface area contributed by atoms with Crippen LogP contribution in [0, 0.1) is 11.8 Å². The Morgan fingerprint density at radius 2 is 1.00 bits per heavy atom. The molecule has 18 heteroatoms. The number of carboxylic acid groups (broad SMARTS) is 1. The molecular weight excluding hydrogens is 821 g/mol. The smallest absolute Gasteiger partial charge is 0.335 e. The van der Waals surface area contributed by atoms with Gasteiger partial charge in [0.05, 0.1) is 124 Å². The molecule has 0 bridgehead atoms. The van der Waals surface area contributed by atoms with Crippen molar-refractivity contribution in [3.8, 4) is 11.4 Å². The number of nitrogens with one attached hydrogen (secondary N) is 1. The third-order valence-electron chi connectivity index (χ3n) is 10.9. The van der Waals surface area contributed by atoms with Crippen LogP contribution in [0.15, 0.2) is 33.9 Å². The average Bonchev–Trinajstić information content (AvgIpc) is 3.76. The van der Waals surface area contributed by atoms with Crippen molar-refractivity contribution >= 4 is 17.1 Å². The molecule has 2 aromatic heterocycles. The summed E-state index contributed by atoms with van der Waals surface area (Å²) in [5.41, 5.74) is 1.04. The van der Waals surface area contributed by atoms with Crippen LogP contribution in [0.1, 0.15) is 74.6 Å². The third kappa shape index (κ3) is 20.0. The average molecular weight is 893 g/mol. The molecule has 63 heavy (non-hydrogen) atoms. The first-order valence-electron chi connectivity index (χ1n) is 22.7. The molecule has 0 radical (unpaired) electrons. The Labute approximate surface area is 370 Å². The number of aromatic carboxylic acids is 1. The van der Waals surface area contributed by atoms with Gasteiger partial charge in [-0.15, -0.1) is 0 Å². The van der Waals surface area contributed by atoms with E-state index < -0.39 is 5.97 Å². The van der Waals surface area contributed by atoms with Crippen LogP contribution in [0.2, 0.25) is 0 Å². The van der Waals surface area contributed by atoms with Crippen molar-refractivity contribution < 1.29 is 57.6 Å². The van der Waals surface area contributed by atoms with Gasteiger partial charge in [0.2, 0.25) is 0 Å². The molecule has 2 aliphatic rings. The number of H-pyrrole nitrogens is 1.